The minimum absolute atomic E-state index is 0.0292. The lowest BCUT2D eigenvalue weighted by Crippen LogP contribution is -2.38. The summed E-state index contributed by atoms with van der Waals surface area (Å²) in [5.74, 6) is -0.494. The quantitative estimate of drug-likeness (QED) is 0.432. The fourth-order valence-corrected chi connectivity index (χ4v) is 4.49. The Balaban J connectivity index is 1.75. The van der Waals surface area contributed by atoms with E-state index in [2.05, 4.69) is 10.3 Å². The number of aromatic nitrogens is 1. The van der Waals surface area contributed by atoms with Crippen LogP contribution in [0.5, 0.6) is 0 Å². The van der Waals surface area contributed by atoms with Crippen molar-refractivity contribution in [2.45, 2.75) is 28.7 Å². The van der Waals surface area contributed by atoms with E-state index in [4.69, 9.17) is 0 Å². The van der Waals surface area contributed by atoms with Gasteiger partial charge >= 0.3 is 0 Å². The molecule has 0 fully saturated rings. The summed E-state index contributed by atoms with van der Waals surface area (Å²) in [6, 6.07) is 13.3. The van der Waals surface area contributed by atoms with Crippen LogP contribution >= 0.6 is 23.1 Å². The van der Waals surface area contributed by atoms with Gasteiger partial charge in [0.2, 0.25) is 0 Å². The number of hydrogen-bond donors (Lipinski definition) is 2. The molecule has 1 heterocycles. The minimum Gasteiger partial charge on any atom is -0.384 e. The predicted octanol–water partition coefficient (Wildman–Crippen LogP) is 4.15. The lowest BCUT2D eigenvalue weighted by Gasteiger charge is -2.24. The molecule has 0 aliphatic rings. The average molecular weight is 430 g/mol. The molecule has 0 radical (unpaired) electrons. The summed E-state index contributed by atoms with van der Waals surface area (Å²) in [6.45, 7) is 3.42. The SMILES string of the molecule is Cc1csc(Sc2ccc(C(=O)NC[C@@](C)(O)c3ccccc3)cc2[N+](=O)[O-])n1. The molecule has 1 aromatic heterocycles. The third kappa shape index (κ3) is 5.20. The highest BCUT2D eigenvalue weighted by atomic mass is 32.2. The number of aliphatic hydroxyl groups is 1. The van der Waals surface area contributed by atoms with E-state index in [-0.39, 0.29) is 17.8 Å². The second-order valence-corrected chi connectivity index (χ2v) is 8.77. The maximum absolute atomic E-state index is 12.5. The van der Waals surface area contributed by atoms with Gasteiger partial charge in [0, 0.05) is 22.7 Å². The summed E-state index contributed by atoms with van der Waals surface area (Å²) in [7, 11) is 0. The second kappa shape index (κ2) is 8.73. The largest absolute Gasteiger partial charge is 0.384 e. The van der Waals surface area contributed by atoms with E-state index >= 15 is 0 Å². The standard InChI is InChI=1S/C20H19N3O4S2/c1-13-11-28-19(22-13)29-17-9-8-14(10-16(17)23(26)27)18(24)21-12-20(2,25)15-6-4-3-5-7-15/h3-11,25H,12H2,1-2H3,(H,21,24)/t20-/m1/s1. The van der Waals surface area contributed by atoms with Gasteiger partial charge in [-0.1, -0.05) is 42.1 Å². The molecule has 1 amide bonds. The third-order valence-corrected chi connectivity index (χ3v) is 6.32. The summed E-state index contributed by atoms with van der Waals surface area (Å²) in [6.07, 6.45) is 0. The number of carbonyl (C=O) groups excluding carboxylic acids is 1. The lowest BCUT2D eigenvalue weighted by atomic mass is 9.96. The Hall–Kier alpha value is -2.75. The Morgan fingerprint density at radius 3 is 2.66 bits per heavy atom. The number of rotatable bonds is 7. The van der Waals surface area contributed by atoms with Crippen LogP contribution in [0.15, 0.2) is 63.1 Å². The number of nitro groups is 1. The molecule has 29 heavy (non-hydrogen) atoms. The highest BCUT2D eigenvalue weighted by Crippen LogP contribution is 2.36. The second-order valence-electron chi connectivity index (χ2n) is 6.62. The summed E-state index contributed by atoms with van der Waals surface area (Å²) < 4.78 is 0.696. The number of amides is 1. The molecule has 0 saturated heterocycles. The molecule has 0 spiro atoms. The fraction of sp³-hybridized carbons (Fsp3) is 0.200. The van der Waals surface area contributed by atoms with Crippen LogP contribution in [0.4, 0.5) is 5.69 Å². The van der Waals surface area contributed by atoms with E-state index in [1.54, 1.807) is 37.3 Å². The Labute approximate surface area is 176 Å². The van der Waals surface area contributed by atoms with Crippen molar-refractivity contribution < 1.29 is 14.8 Å². The van der Waals surface area contributed by atoms with E-state index < -0.39 is 16.4 Å². The van der Waals surface area contributed by atoms with Crippen molar-refractivity contribution in [1.82, 2.24) is 10.3 Å². The van der Waals surface area contributed by atoms with Crippen LogP contribution in [0, 0.1) is 17.0 Å². The summed E-state index contributed by atoms with van der Waals surface area (Å²) in [5, 5.41) is 26.6. The molecule has 9 heteroatoms. The predicted molar refractivity (Wildman–Crippen MR) is 112 cm³/mol. The van der Waals surface area contributed by atoms with Gasteiger partial charge in [0.15, 0.2) is 4.34 Å². The van der Waals surface area contributed by atoms with E-state index in [0.29, 0.717) is 14.8 Å². The number of thiazole rings is 1. The molecule has 0 unspecified atom stereocenters. The lowest BCUT2D eigenvalue weighted by molar-refractivity contribution is -0.387. The van der Waals surface area contributed by atoms with E-state index in [1.165, 1.54) is 35.2 Å². The third-order valence-electron chi connectivity index (χ3n) is 4.20. The molecule has 0 aliphatic carbocycles. The number of aryl methyl sites for hydroxylation is 1. The number of nitrogens with one attached hydrogen (secondary N) is 1. The van der Waals surface area contributed by atoms with Crippen LogP contribution < -0.4 is 5.32 Å². The van der Waals surface area contributed by atoms with Gasteiger partial charge in [-0.3, -0.25) is 14.9 Å². The molecule has 0 aliphatic heterocycles. The van der Waals surface area contributed by atoms with Crippen LogP contribution in [-0.2, 0) is 5.60 Å². The zero-order valence-electron chi connectivity index (χ0n) is 15.8. The van der Waals surface area contributed by atoms with Crippen molar-refractivity contribution in [2.24, 2.45) is 0 Å². The van der Waals surface area contributed by atoms with Crippen molar-refractivity contribution >= 4 is 34.7 Å². The molecule has 1 atom stereocenters. The highest BCUT2D eigenvalue weighted by Gasteiger charge is 2.25. The maximum atomic E-state index is 12.5. The molecule has 0 saturated carbocycles. The van der Waals surface area contributed by atoms with Crippen molar-refractivity contribution in [3.8, 4) is 0 Å². The first kappa shape index (κ1) is 21.0. The first-order chi connectivity index (χ1) is 13.8. The van der Waals surface area contributed by atoms with E-state index in [0.717, 1.165) is 5.69 Å². The van der Waals surface area contributed by atoms with Gasteiger partial charge in [0.05, 0.1) is 16.4 Å². The van der Waals surface area contributed by atoms with E-state index in [9.17, 15) is 20.0 Å². The molecule has 7 nitrogen and oxygen atoms in total. The van der Waals surface area contributed by atoms with Crippen molar-refractivity contribution in [3.05, 3.63) is 80.8 Å². The smallest absolute Gasteiger partial charge is 0.284 e. The molecule has 150 valence electrons. The molecule has 0 bridgehead atoms. The normalized spacial score (nSPS) is 12.9. The number of benzene rings is 2. The van der Waals surface area contributed by atoms with Crippen LogP contribution in [0.1, 0.15) is 28.5 Å². The Morgan fingerprint density at radius 1 is 1.31 bits per heavy atom. The van der Waals surface area contributed by atoms with Gasteiger partial charge in [-0.25, -0.2) is 4.98 Å². The number of nitro benzene ring substituents is 1. The zero-order valence-corrected chi connectivity index (χ0v) is 17.4. The van der Waals surface area contributed by atoms with E-state index in [1.807, 2.05) is 18.4 Å². The molecular weight excluding hydrogens is 410 g/mol. The molecule has 2 N–H and O–H groups in total. The summed E-state index contributed by atoms with van der Waals surface area (Å²) in [5.41, 5.74) is 0.241. The van der Waals surface area contributed by atoms with Gasteiger partial charge < -0.3 is 10.4 Å². The van der Waals surface area contributed by atoms with Gasteiger partial charge in [0.25, 0.3) is 11.6 Å². The van der Waals surface area contributed by atoms with Crippen LogP contribution in [0.2, 0.25) is 0 Å². The topological polar surface area (TPSA) is 105 Å². The fourth-order valence-electron chi connectivity index (χ4n) is 2.61. The Kier molecular flexibility index (Phi) is 6.31. The van der Waals surface area contributed by atoms with Crippen molar-refractivity contribution in [3.63, 3.8) is 0 Å². The Morgan fingerprint density at radius 2 is 2.03 bits per heavy atom. The number of carbonyl (C=O) groups is 1. The average Bonchev–Trinajstić information content (AvgIpc) is 3.11. The summed E-state index contributed by atoms with van der Waals surface area (Å²) >= 11 is 2.60. The van der Waals surface area contributed by atoms with Crippen molar-refractivity contribution in [1.29, 1.82) is 0 Å². The first-order valence-corrected chi connectivity index (χ1v) is 10.4. The molecular formula is C20H19N3O4S2. The van der Waals surface area contributed by atoms with Gasteiger partial charge in [-0.2, -0.15) is 0 Å². The monoisotopic (exact) mass is 429 g/mol. The van der Waals surface area contributed by atoms with Gasteiger partial charge in [-0.05, 0) is 31.5 Å². The molecule has 2 aromatic carbocycles. The summed E-state index contributed by atoms with van der Waals surface area (Å²) in [4.78, 5) is 28.2. The minimum atomic E-state index is -1.26. The van der Waals surface area contributed by atoms with Gasteiger partial charge in [-0.15, -0.1) is 11.3 Å². The van der Waals surface area contributed by atoms with Gasteiger partial charge in [0.1, 0.15) is 5.60 Å². The Bertz CT molecular complexity index is 1040. The molecule has 3 rings (SSSR count). The van der Waals surface area contributed by atoms with Crippen LogP contribution in [0.3, 0.4) is 0 Å². The number of hydrogen-bond acceptors (Lipinski definition) is 7. The van der Waals surface area contributed by atoms with Crippen LogP contribution in [0.25, 0.3) is 0 Å². The zero-order chi connectivity index (χ0) is 21.0. The first-order valence-electron chi connectivity index (χ1n) is 8.71. The molecule has 3 aromatic rings. The maximum Gasteiger partial charge on any atom is 0.284 e. The van der Waals surface area contributed by atoms with Crippen molar-refractivity contribution in [2.75, 3.05) is 6.54 Å². The number of nitrogens with zero attached hydrogens (tertiary/aromatic N) is 2. The van der Waals surface area contributed by atoms with Crippen LogP contribution in [-0.4, -0.2) is 27.5 Å². The highest BCUT2D eigenvalue weighted by molar-refractivity contribution is 8.01.